The molecule has 0 atom stereocenters. The normalized spacial score (nSPS) is 20.7. The molecule has 1 fully saturated rings. The third kappa shape index (κ3) is 4.02. The molecule has 25 heavy (non-hydrogen) atoms. The maximum absolute atomic E-state index is 14.8. The van der Waals surface area contributed by atoms with Gasteiger partial charge in [0.1, 0.15) is 17.0 Å². The summed E-state index contributed by atoms with van der Waals surface area (Å²) in [5.74, 6) is 1.53. The minimum Gasteiger partial charge on any atom is -0.427 e. The highest BCUT2D eigenvalue weighted by molar-refractivity contribution is 5.82. The molecule has 1 aromatic carbocycles. The topological polar surface area (TPSA) is 30.2 Å². The van der Waals surface area contributed by atoms with Gasteiger partial charge in [0.2, 0.25) is 0 Å². The Labute approximate surface area is 148 Å². The van der Waals surface area contributed by atoms with Crippen LogP contribution in [0.5, 0.6) is 0 Å². The van der Waals surface area contributed by atoms with E-state index in [9.17, 15) is 9.18 Å². The Balaban J connectivity index is 1.75. The standard InChI is InChI=1S/C22H27FO2/c1-3-5-19-14-18-13-12-17(21(23)20(18)22(24)25-19)11-10-16-8-6-15(4-2)7-9-16/h4,12-16H,2-3,5-11H2,1H3. The van der Waals surface area contributed by atoms with Crippen molar-refractivity contribution in [1.29, 1.82) is 0 Å². The van der Waals surface area contributed by atoms with Gasteiger partial charge in [0.05, 0.1) is 0 Å². The first kappa shape index (κ1) is 17.9. The van der Waals surface area contributed by atoms with Crippen molar-refractivity contribution < 1.29 is 8.81 Å². The summed E-state index contributed by atoms with van der Waals surface area (Å²) in [4.78, 5) is 12.2. The monoisotopic (exact) mass is 342 g/mol. The van der Waals surface area contributed by atoms with Crippen molar-refractivity contribution in [2.45, 2.75) is 58.3 Å². The zero-order chi connectivity index (χ0) is 17.8. The second kappa shape index (κ2) is 7.99. The minimum atomic E-state index is -0.549. The number of aryl methyl sites for hydroxylation is 2. The second-order valence-electron chi connectivity index (χ2n) is 7.31. The fourth-order valence-electron chi connectivity index (χ4n) is 3.97. The molecule has 0 saturated heterocycles. The number of fused-ring (bicyclic) bond motifs is 1. The summed E-state index contributed by atoms with van der Waals surface area (Å²) < 4.78 is 20.1. The minimum absolute atomic E-state index is 0.104. The summed E-state index contributed by atoms with van der Waals surface area (Å²) in [6, 6.07) is 5.49. The number of allylic oxidation sites excluding steroid dienone is 1. The molecular weight excluding hydrogens is 315 g/mol. The molecule has 2 aromatic rings. The molecular formula is C22H27FO2. The third-order valence-electron chi connectivity index (χ3n) is 5.54. The molecule has 0 radical (unpaired) electrons. The molecule has 1 aliphatic carbocycles. The van der Waals surface area contributed by atoms with Crippen LogP contribution < -0.4 is 5.63 Å². The van der Waals surface area contributed by atoms with Gasteiger partial charge < -0.3 is 4.42 Å². The first-order valence-corrected chi connectivity index (χ1v) is 9.49. The van der Waals surface area contributed by atoms with Crippen LogP contribution in [0.25, 0.3) is 10.8 Å². The predicted octanol–water partition coefficient (Wildman–Crippen LogP) is 5.81. The van der Waals surface area contributed by atoms with Gasteiger partial charge in [-0.3, -0.25) is 0 Å². The summed E-state index contributed by atoms with van der Waals surface area (Å²) in [6.07, 6.45) is 10.1. The van der Waals surface area contributed by atoms with Gasteiger partial charge in [-0.1, -0.05) is 25.1 Å². The Kier molecular flexibility index (Phi) is 5.72. The average molecular weight is 342 g/mol. The van der Waals surface area contributed by atoms with E-state index in [0.29, 0.717) is 41.4 Å². The van der Waals surface area contributed by atoms with Gasteiger partial charge in [-0.05, 0) is 73.8 Å². The van der Waals surface area contributed by atoms with Crippen molar-refractivity contribution in [2.24, 2.45) is 11.8 Å². The predicted molar refractivity (Wildman–Crippen MR) is 100 cm³/mol. The average Bonchev–Trinajstić information content (AvgIpc) is 2.61. The van der Waals surface area contributed by atoms with Crippen LogP contribution in [-0.2, 0) is 12.8 Å². The second-order valence-corrected chi connectivity index (χ2v) is 7.31. The molecule has 0 N–H and O–H groups in total. The smallest absolute Gasteiger partial charge is 0.346 e. The van der Waals surface area contributed by atoms with Crippen LogP contribution in [0, 0.1) is 17.7 Å². The van der Waals surface area contributed by atoms with Crippen LogP contribution in [0.15, 0.2) is 40.1 Å². The Morgan fingerprint density at radius 3 is 2.68 bits per heavy atom. The molecule has 0 spiro atoms. The van der Waals surface area contributed by atoms with Crippen LogP contribution in [-0.4, -0.2) is 0 Å². The number of hydrogen-bond acceptors (Lipinski definition) is 2. The van der Waals surface area contributed by atoms with Crippen molar-refractivity contribution in [1.82, 2.24) is 0 Å². The number of hydrogen-bond donors (Lipinski definition) is 0. The maximum Gasteiger partial charge on any atom is 0.346 e. The van der Waals surface area contributed by atoms with Crippen LogP contribution in [0.1, 0.15) is 56.8 Å². The molecule has 0 unspecified atom stereocenters. The van der Waals surface area contributed by atoms with Crippen molar-refractivity contribution in [3.8, 4) is 0 Å². The zero-order valence-electron chi connectivity index (χ0n) is 15.0. The van der Waals surface area contributed by atoms with Gasteiger partial charge in [0.15, 0.2) is 0 Å². The molecule has 0 amide bonds. The molecule has 3 heteroatoms. The molecule has 1 aliphatic rings. The van der Waals surface area contributed by atoms with Gasteiger partial charge in [0, 0.05) is 6.42 Å². The van der Waals surface area contributed by atoms with Crippen LogP contribution in [0.2, 0.25) is 0 Å². The number of benzene rings is 1. The molecule has 134 valence electrons. The van der Waals surface area contributed by atoms with E-state index in [-0.39, 0.29) is 5.39 Å². The lowest BCUT2D eigenvalue weighted by atomic mass is 9.79. The Morgan fingerprint density at radius 2 is 2.00 bits per heavy atom. The van der Waals surface area contributed by atoms with Crippen LogP contribution >= 0.6 is 0 Å². The van der Waals surface area contributed by atoms with E-state index in [0.717, 1.165) is 12.8 Å². The largest absolute Gasteiger partial charge is 0.427 e. The summed E-state index contributed by atoms with van der Waals surface area (Å²) in [5.41, 5.74) is 0.0840. The Hall–Kier alpha value is -1.90. The van der Waals surface area contributed by atoms with Gasteiger partial charge in [-0.2, -0.15) is 0 Å². The molecule has 1 aromatic heterocycles. The lowest BCUT2D eigenvalue weighted by Gasteiger charge is -2.26. The molecule has 2 nitrogen and oxygen atoms in total. The fraction of sp³-hybridized carbons (Fsp3) is 0.500. The van der Waals surface area contributed by atoms with Gasteiger partial charge in [-0.15, -0.1) is 6.58 Å². The lowest BCUT2D eigenvalue weighted by molar-refractivity contribution is 0.295. The van der Waals surface area contributed by atoms with E-state index >= 15 is 0 Å². The SMILES string of the molecule is C=CC1CCC(CCc2ccc3cc(CCC)oc(=O)c3c2F)CC1. The van der Waals surface area contributed by atoms with Crippen LogP contribution in [0.3, 0.4) is 0 Å². The van der Waals surface area contributed by atoms with E-state index in [1.807, 2.05) is 19.1 Å². The highest BCUT2D eigenvalue weighted by Crippen LogP contribution is 2.32. The van der Waals surface area contributed by atoms with Crippen molar-refractivity contribution in [3.05, 3.63) is 58.4 Å². The number of rotatable bonds is 6. The summed E-state index contributed by atoms with van der Waals surface area (Å²) >= 11 is 0. The first-order valence-electron chi connectivity index (χ1n) is 9.49. The highest BCUT2D eigenvalue weighted by atomic mass is 19.1. The third-order valence-corrected chi connectivity index (χ3v) is 5.54. The summed E-state index contributed by atoms with van der Waals surface area (Å²) in [7, 11) is 0. The van der Waals surface area contributed by atoms with Crippen molar-refractivity contribution >= 4 is 10.8 Å². The van der Waals surface area contributed by atoms with E-state index in [2.05, 4.69) is 12.7 Å². The molecule has 1 saturated carbocycles. The molecule has 0 bridgehead atoms. The molecule has 0 aliphatic heterocycles. The van der Waals surface area contributed by atoms with E-state index in [1.54, 1.807) is 6.07 Å². The first-order chi connectivity index (χ1) is 12.1. The zero-order valence-corrected chi connectivity index (χ0v) is 15.0. The van der Waals surface area contributed by atoms with Crippen molar-refractivity contribution in [2.75, 3.05) is 0 Å². The van der Waals surface area contributed by atoms with E-state index < -0.39 is 11.4 Å². The van der Waals surface area contributed by atoms with E-state index in [1.165, 1.54) is 25.7 Å². The van der Waals surface area contributed by atoms with Gasteiger partial charge in [-0.25, -0.2) is 9.18 Å². The van der Waals surface area contributed by atoms with Crippen molar-refractivity contribution in [3.63, 3.8) is 0 Å². The van der Waals surface area contributed by atoms with Gasteiger partial charge in [0.25, 0.3) is 0 Å². The Bertz CT molecular complexity index is 798. The highest BCUT2D eigenvalue weighted by Gasteiger charge is 2.20. The van der Waals surface area contributed by atoms with Gasteiger partial charge >= 0.3 is 5.63 Å². The summed E-state index contributed by atoms with van der Waals surface area (Å²) in [5, 5.41) is 0.750. The molecule has 1 heterocycles. The maximum atomic E-state index is 14.8. The van der Waals surface area contributed by atoms with Crippen LogP contribution in [0.4, 0.5) is 4.39 Å². The summed E-state index contributed by atoms with van der Waals surface area (Å²) in [6.45, 7) is 5.91. The van der Waals surface area contributed by atoms with E-state index in [4.69, 9.17) is 4.42 Å². The number of halogens is 1. The fourth-order valence-corrected chi connectivity index (χ4v) is 3.97. The quantitative estimate of drug-likeness (QED) is 0.620. The molecule has 3 rings (SSSR count). The lowest BCUT2D eigenvalue weighted by Crippen LogP contribution is -2.14. The Morgan fingerprint density at radius 1 is 1.24 bits per heavy atom.